The minimum Gasteiger partial charge on any atom is -0.341 e. The molecule has 0 aromatic carbocycles. The molecule has 2 rings (SSSR count). The van der Waals surface area contributed by atoms with Gasteiger partial charge in [0.1, 0.15) is 5.37 Å². The topological polar surface area (TPSA) is 40.6 Å². The molecule has 1 aliphatic heterocycles. The van der Waals surface area contributed by atoms with E-state index in [-0.39, 0.29) is 23.1 Å². The molecule has 1 aromatic rings. The highest BCUT2D eigenvalue weighted by molar-refractivity contribution is 8.00. The van der Waals surface area contributed by atoms with Crippen LogP contribution < -0.4 is 0 Å². The molecule has 1 atom stereocenters. The first-order chi connectivity index (χ1) is 10.0. The Morgan fingerprint density at radius 3 is 2.86 bits per heavy atom. The quantitative estimate of drug-likeness (QED) is 0.807. The van der Waals surface area contributed by atoms with Crippen molar-refractivity contribution in [1.29, 1.82) is 0 Å². The van der Waals surface area contributed by atoms with Gasteiger partial charge >= 0.3 is 0 Å². The normalized spacial score (nSPS) is 18.6. The first-order valence-corrected chi connectivity index (χ1v) is 9.25. The first kappa shape index (κ1) is 16.4. The number of nitrogens with zero attached hydrogens (tertiary/aromatic N) is 2. The first-order valence-electron chi connectivity index (χ1n) is 7.26. The number of thioether (sulfide) groups is 1. The van der Waals surface area contributed by atoms with Crippen molar-refractivity contribution in [3.05, 3.63) is 22.4 Å². The molecule has 0 radical (unpaired) electrons. The van der Waals surface area contributed by atoms with E-state index in [0.717, 1.165) is 0 Å². The molecule has 1 unspecified atom stereocenters. The predicted octanol–water partition coefficient (Wildman–Crippen LogP) is 2.83. The number of hydrogen-bond acceptors (Lipinski definition) is 4. The molecule has 116 valence electrons. The number of rotatable bonds is 6. The minimum absolute atomic E-state index is 0.00118. The van der Waals surface area contributed by atoms with Gasteiger partial charge in [-0.2, -0.15) is 11.3 Å². The molecule has 0 bridgehead atoms. The highest BCUT2D eigenvalue weighted by atomic mass is 32.2. The number of carbonyl (C=O) groups excluding carboxylic acids is 2. The fourth-order valence-electron chi connectivity index (χ4n) is 2.41. The molecule has 0 N–H and O–H groups in total. The summed E-state index contributed by atoms with van der Waals surface area (Å²) in [5.41, 5.74) is 1.19. The van der Waals surface area contributed by atoms with Crippen LogP contribution in [-0.4, -0.2) is 47.0 Å². The van der Waals surface area contributed by atoms with Gasteiger partial charge in [0.2, 0.25) is 11.8 Å². The van der Waals surface area contributed by atoms with Crippen LogP contribution in [0, 0.1) is 5.92 Å². The van der Waals surface area contributed by atoms with Crippen molar-refractivity contribution >= 4 is 34.9 Å². The van der Waals surface area contributed by atoms with E-state index in [1.165, 1.54) is 5.56 Å². The van der Waals surface area contributed by atoms with Gasteiger partial charge in [-0.1, -0.05) is 13.8 Å². The van der Waals surface area contributed by atoms with Gasteiger partial charge in [-0.05, 0) is 29.3 Å². The molecule has 1 aromatic heterocycles. The van der Waals surface area contributed by atoms with E-state index in [0.29, 0.717) is 25.4 Å². The highest BCUT2D eigenvalue weighted by Gasteiger charge is 2.33. The molecule has 1 fully saturated rings. The maximum Gasteiger partial charge on any atom is 0.233 e. The molecule has 21 heavy (non-hydrogen) atoms. The minimum atomic E-state index is 0.00118. The third-order valence-electron chi connectivity index (χ3n) is 3.59. The number of amides is 2. The summed E-state index contributed by atoms with van der Waals surface area (Å²) in [4.78, 5) is 27.9. The van der Waals surface area contributed by atoms with Crippen LogP contribution in [0.4, 0.5) is 0 Å². The van der Waals surface area contributed by atoms with Crippen LogP contribution in [0.3, 0.4) is 0 Å². The molecule has 1 aliphatic rings. The Balaban J connectivity index is 1.99. The average molecular weight is 326 g/mol. The van der Waals surface area contributed by atoms with Gasteiger partial charge in [-0.25, -0.2) is 0 Å². The monoisotopic (exact) mass is 326 g/mol. The van der Waals surface area contributed by atoms with E-state index in [4.69, 9.17) is 0 Å². The number of thiophene rings is 1. The largest absolute Gasteiger partial charge is 0.341 e. The third-order valence-corrected chi connectivity index (χ3v) is 5.55. The maximum atomic E-state index is 12.1. The predicted molar refractivity (Wildman–Crippen MR) is 88.3 cm³/mol. The maximum absolute atomic E-state index is 12.1. The van der Waals surface area contributed by atoms with Crippen LogP contribution in [0.1, 0.15) is 31.7 Å². The smallest absolute Gasteiger partial charge is 0.233 e. The van der Waals surface area contributed by atoms with Gasteiger partial charge in [0, 0.05) is 25.6 Å². The van der Waals surface area contributed by atoms with Crippen LogP contribution in [0.25, 0.3) is 0 Å². The summed E-state index contributed by atoms with van der Waals surface area (Å²) in [5.74, 6) is 0.861. The molecule has 2 amide bonds. The van der Waals surface area contributed by atoms with Crippen molar-refractivity contribution in [3.8, 4) is 0 Å². The van der Waals surface area contributed by atoms with Gasteiger partial charge in [0.25, 0.3) is 0 Å². The average Bonchev–Trinajstić information content (AvgIpc) is 3.09. The van der Waals surface area contributed by atoms with Crippen LogP contribution in [0.15, 0.2) is 16.8 Å². The van der Waals surface area contributed by atoms with E-state index in [2.05, 4.69) is 11.4 Å². The van der Waals surface area contributed by atoms with E-state index in [1.807, 2.05) is 36.0 Å². The van der Waals surface area contributed by atoms with E-state index in [1.54, 1.807) is 23.1 Å². The van der Waals surface area contributed by atoms with Crippen molar-refractivity contribution in [3.63, 3.8) is 0 Å². The molecule has 1 saturated heterocycles. The summed E-state index contributed by atoms with van der Waals surface area (Å²) in [6, 6.07) is 2.07. The van der Waals surface area contributed by atoms with Crippen LogP contribution >= 0.6 is 23.1 Å². The number of likely N-dealkylation sites (N-methyl/N-ethyl adjacent to an activating group) is 1. The zero-order chi connectivity index (χ0) is 15.4. The molecule has 4 nitrogen and oxygen atoms in total. The highest BCUT2D eigenvalue weighted by Crippen LogP contribution is 2.39. The second kappa shape index (κ2) is 7.31. The van der Waals surface area contributed by atoms with Gasteiger partial charge < -0.3 is 9.80 Å². The summed E-state index contributed by atoms with van der Waals surface area (Å²) in [5, 5.41) is 4.24. The second-order valence-corrected chi connectivity index (χ2v) is 7.23. The standard InChI is InChI=1S/C15H22N2O2S2/c1-4-16(14(19)11(2)3)6-7-17-13(18)10-21-15(17)12-5-8-20-9-12/h5,8-9,11,15H,4,6-7,10H2,1-3H3. The van der Waals surface area contributed by atoms with Crippen LogP contribution in [-0.2, 0) is 9.59 Å². The van der Waals surface area contributed by atoms with Crippen molar-refractivity contribution < 1.29 is 9.59 Å². The Labute approximate surface area is 134 Å². The van der Waals surface area contributed by atoms with Crippen molar-refractivity contribution in [2.24, 2.45) is 5.92 Å². The van der Waals surface area contributed by atoms with Gasteiger partial charge in [0.05, 0.1) is 5.75 Å². The van der Waals surface area contributed by atoms with Gasteiger partial charge in [0.15, 0.2) is 0 Å². The van der Waals surface area contributed by atoms with Crippen LogP contribution in [0.5, 0.6) is 0 Å². The molecule has 0 saturated carbocycles. The summed E-state index contributed by atoms with van der Waals surface area (Å²) in [6.07, 6.45) is 0. The summed E-state index contributed by atoms with van der Waals surface area (Å²) in [6.45, 7) is 7.72. The second-order valence-electron chi connectivity index (χ2n) is 5.38. The van der Waals surface area contributed by atoms with E-state index < -0.39 is 0 Å². The molecular formula is C15H22N2O2S2. The molecular weight excluding hydrogens is 304 g/mol. The Morgan fingerprint density at radius 2 is 2.29 bits per heavy atom. The summed E-state index contributed by atoms with van der Waals surface area (Å²) < 4.78 is 0. The van der Waals surface area contributed by atoms with Gasteiger partial charge in [-0.3, -0.25) is 9.59 Å². The van der Waals surface area contributed by atoms with E-state index >= 15 is 0 Å². The van der Waals surface area contributed by atoms with Crippen molar-refractivity contribution in [1.82, 2.24) is 9.80 Å². The molecule has 2 heterocycles. The SMILES string of the molecule is CCN(CCN1C(=O)CSC1c1ccsc1)C(=O)C(C)C. The third kappa shape index (κ3) is 3.80. The Hall–Kier alpha value is -1.01. The number of carbonyl (C=O) groups is 2. The summed E-state index contributed by atoms with van der Waals surface area (Å²) >= 11 is 3.32. The zero-order valence-corrected chi connectivity index (χ0v) is 14.4. The lowest BCUT2D eigenvalue weighted by Crippen LogP contribution is -2.41. The van der Waals surface area contributed by atoms with Gasteiger partial charge in [-0.15, -0.1) is 11.8 Å². The number of hydrogen-bond donors (Lipinski definition) is 0. The Bertz CT molecular complexity index is 488. The van der Waals surface area contributed by atoms with Crippen molar-refractivity contribution in [2.45, 2.75) is 26.1 Å². The molecule has 6 heteroatoms. The Morgan fingerprint density at radius 1 is 1.52 bits per heavy atom. The lowest BCUT2D eigenvalue weighted by Gasteiger charge is -2.28. The molecule has 0 spiro atoms. The summed E-state index contributed by atoms with van der Waals surface area (Å²) in [7, 11) is 0. The van der Waals surface area contributed by atoms with E-state index in [9.17, 15) is 9.59 Å². The lowest BCUT2D eigenvalue weighted by molar-refractivity contribution is -0.136. The molecule has 0 aliphatic carbocycles. The van der Waals surface area contributed by atoms with Crippen molar-refractivity contribution in [2.75, 3.05) is 25.4 Å². The zero-order valence-electron chi connectivity index (χ0n) is 12.7. The van der Waals surface area contributed by atoms with Crippen LogP contribution in [0.2, 0.25) is 0 Å². The lowest BCUT2D eigenvalue weighted by atomic mass is 10.2. The fraction of sp³-hybridized carbons (Fsp3) is 0.600. The Kier molecular flexibility index (Phi) is 5.70. The fourth-order valence-corrected chi connectivity index (χ4v) is 4.38.